The van der Waals surface area contributed by atoms with Crippen molar-refractivity contribution in [3.8, 4) is 0 Å². The number of hydrogen-bond donors (Lipinski definition) is 8. The number of aromatic nitrogens is 12. The normalized spacial score (nSPS) is 25.2. The highest BCUT2D eigenvalue weighted by Crippen LogP contribution is 2.55. The van der Waals surface area contributed by atoms with Crippen LogP contribution >= 0.6 is 63.7 Å². The van der Waals surface area contributed by atoms with E-state index < -0.39 is 45.5 Å². The van der Waals surface area contributed by atoms with Crippen LogP contribution < -0.4 is 22.9 Å². The van der Waals surface area contributed by atoms with Gasteiger partial charge in [0.2, 0.25) is 0 Å². The first-order valence-electron chi connectivity index (χ1n) is 29.5. The summed E-state index contributed by atoms with van der Waals surface area (Å²) in [5.74, 6) is 3.11. The van der Waals surface area contributed by atoms with Crippen LogP contribution in [-0.4, -0.2) is 102 Å². The SMILES string of the molecule is CC(C)[C@@]1(C(=O)O)CC[C@@H](c2nc(Br)c3c(N)nccn23)C1.CC(C)[C@@]1(C(=O)O)CC[C@H](c2nc(Br)c3c(N)nccn23)C1.CC(C)[C@]1(C(=O)O)CC[C@@H](c2nc(Br)c3c(N)nccn23)C1.CC(C)[C@]1(C(=O)O)CC[C@H](c2nc(Br)c3c(N)nccn23)C1. The van der Waals surface area contributed by atoms with Crippen molar-refractivity contribution in [3.63, 3.8) is 0 Å². The molecule has 0 aliphatic heterocycles. The predicted octanol–water partition coefficient (Wildman–Crippen LogP) is 12.3. The zero-order valence-electron chi connectivity index (χ0n) is 50.3. The number of hydrogen-bond acceptors (Lipinski definition) is 16. The molecule has 88 heavy (non-hydrogen) atoms. The summed E-state index contributed by atoms with van der Waals surface area (Å²) in [5.41, 5.74) is 24.0. The molecule has 24 nitrogen and oxygen atoms in total. The van der Waals surface area contributed by atoms with Gasteiger partial charge in [-0.2, -0.15) is 0 Å². The first-order valence-corrected chi connectivity index (χ1v) is 32.7. The smallest absolute Gasteiger partial charge is 0.309 e. The predicted molar refractivity (Wildman–Crippen MR) is 346 cm³/mol. The van der Waals surface area contributed by atoms with Gasteiger partial charge in [0.05, 0.1) is 21.7 Å². The second kappa shape index (κ2) is 25.4. The Bertz CT molecular complexity index is 3470. The van der Waals surface area contributed by atoms with Crippen molar-refractivity contribution in [3.05, 3.63) is 91.3 Å². The molecule has 8 heterocycles. The maximum atomic E-state index is 11.8. The number of carboxylic acids is 4. The van der Waals surface area contributed by atoms with Crippen molar-refractivity contribution < 1.29 is 39.6 Å². The third-order valence-electron chi connectivity index (χ3n) is 20.1. The van der Waals surface area contributed by atoms with Crippen LogP contribution in [0.2, 0.25) is 0 Å². The van der Waals surface area contributed by atoms with Crippen molar-refractivity contribution in [2.45, 2.75) is 156 Å². The van der Waals surface area contributed by atoms with Crippen LogP contribution in [0, 0.1) is 45.3 Å². The molecule has 472 valence electrons. The highest BCUT2D eigenvalue weighted by atomic mass is 79.9. The minimum atomic E-state index is -0.703. The Balaban J connectivity index is 0.000000140. The number of carbonyl (C=O) groups is 4. The maximum Gasteiger partial charge on any atom is 0.309 e. The fourth-order valence-corrected chi connectivity index (χ4v) is 16.7. The van der Waals surface area contributed by atoms with Crippen LogP contribution in [-0.2, 0) is 19.2 Å². The molecule has 0 spiro atoms. The number of aliphatic carboxylic acids is 4. The molecule has 4 aliphatic carbocycles. The molecule has 8 atom stereocenters. The Morgan fingerprint density at radius 3 is 0.727 bits per heavy atom. The number of nitrogens with zero attached hydrogens (tertiary/aromatic N) is 12. The van der Waals surface area contributed by atoms with E-state index in [1.165, 1.54) is 0 Å². The number of imidazole rings is 4. The van der Waals surface area contributed by atoms with E-state index in [-0.39, 0.29) is 47.3 Å². The summed E-state index contributed by atoms with van der Waals surface area (Å²) in [6, 6.07) is 0. The number of nitrogens with two attached hydrogens (primary N) is 4. The van der Waals surface area contributed by atoms with Crippen LogP contribution in [0.25, 0.3) is 22.1 Å². The highest BCUT2D eigenvalue weighted by molar-refractivity contribution is 9.11. The van der Waals surface area contributed by atoms with Gasteiger partial charge >= 0.3 is 23.9 Å². The molecular formula is C60H76Br4N16O8. The van der Waals surface area contributed by atoms with Gasteiger partial charge in [0.1, 0.15) is 63.8 Å². The fourth-order valence-electron chi connectivity index (χ4n) is 14.4. The molecule has 0 amide bonds. The minimum absolute atomic E-state index is 0.0939. The Morgan fingerprint density at radius 1 is 0.398 bits per heavy atom. The third-order valence-corrected chi connectivity index (χ3v) is 22.3. The monoisotopic (exact) mass is 1460 g/mol. The Morgan fingerprint density at radius 2 is 0.580 bits per heavy atom. The van der Waals surface area contributed by atoms with Gasteiger partial charge in [-0.15, -0.1) is 0 Å². The average Bonchev–Trinajstić information content (AvgIpc) is 1.98. The van der Waals surface area contributed by atoms with Crippen molar-refractivity contribution in [1.29, 1.82) is 0 Å². The first kappa shape index (κ1) is 65.9. The van der Waals surface area contributed by atoms with Crippen LogP contribution in [0.15, 0.2) is 68.0 Å². The van der Waals surface area contributed by atoms with E-state index in [9.17, 15) is 39.6 Å². The molecule has 12 N–H and O–H groups in total. The summed E-state index contributed by atoms with van der Waals surface area (Å²) in [7, 11) is 0. The summed E-state index contributed by atoms with van der Waals surface area (Å²) in [6.07, 6.45) is 22.3. The number of nitrogen functional groups attached to an aromatic ring is 4. The van der Waals surface area contributed by atoms with Crippen LogP contribution in [0.4, 0.5) is 23.3 Å². The molecule has 4 saturated carbocycles. The zero-order chi connectivity index (χ0) is 64.3. The van der Waals surface area contributed by atoms with Gasteiger partial charge in [0.15, 0.2) is 23.3 Å². The number of anilines is 4. The Hall–Kier alpha value is -6.52. The van der Waals surface area contributed by atoms with Gasteiger partial charge in [-0.05, 0) is 164 Å². The van der Waals surface area contributed by atoms with Gasteiger partial charge in [-0.3, -0.25) is 36.8 Å². The van der Waals surface area contributed by atoms with Gasteiger partial charge < -0.3 is 43.4 Å². The van der Waals surface area contributed by atoms with Crippen molar-refractivity contribution in [2.75, 3.05) is 22.9 Å². The summed E-state index contributed by atoms with van der Waals surface area (Å²) >= 11 is 13.7. The molecule has 4 aliphatic rings. The Labute approximate surface area is 542 Å². The molecule has 0 aromatic carbocycles. The lowest BCUT2D eigenvalue weighted by Gasteiger charge is -2.28. The molecule has 12 rings (SSSR count). The molecule has 28 heteroatoms. The van der Waals surface area contributed by atoms with E-state index in [0.29, 0.717) is 93.1 Å². The molecule has 4 fully saturated rings. The molecule has 0 bridgehead atoms. The largest absolute Gasteiger partial charge is 0.481 e. The second-order valence-electron chi connectivity index (χ2n) is 25.4. The number of rotatable bonds is 12. The van der Waals surface area contributed by atoms with E-state index in [2.05, 4.69) is 104 Å². The van der Waals surface area contributed by atoms with E-state index in [1.54, 1.807) is 24.8 Å². The molecule has 0 radical (unpaired) electrons. The van der Waals surface area contributed by atoms with Gasteiger partial charge in [-0.1, -0.05) is 55.4 Å². The summed E-state index contributed by atoms with van der Waals surface area (Å²) in [4.78, 5) is 81.9. The number of fused-ring (bicyclic) bond motifs is 4. The summed E-state index contributed by atoms with van der Waals surface area (Å²) in [5, 5.41) is 38.8. The lowest BCUT2D eigenvalue weighted by atomic mass is 9.75. The van der Waals surface area contributed by atoms with E-state index >= 15 is 0 Å². The molecule has 0 unspecified atom stereocenters. The van der Waals surface area contributed by atoms with Gasteiger partial charge in [-0.25, -0.2) is 39.9 Å². The number of halogens is 4. The zero-order valence-corrected chi connectivity index (χ0v) is 56.7. The van der Waals surface area contributed by atoms with E-state index in [1.807, 2.05) is 97.8 Å². The lowest BCUT2D eigenvalue weighted by Crippen LogP contribution is -2.33. The van der Waals surface area contributed by atoms with Crippen molar-refractivity contribution in [2.24, 2.45) is 45.3 Å². The van der Waals surface area contributed by atoms with Crippen LogP contribution in [0.1, 0.15) is 179 Å². The van der Waals surface area contributed by atoms with E-state index in [4.69, 9.17) is 22.9 Å². The van der Waals surface area contributed by atoms with E-state index in [0.717, 1.165) is 71.0 Å². The highest BCUT2D eigenvalue weighted by Gasteiger charge is 2.52. The lowest BCUT2D eigenvalue weighted by molar-refractivity contribution is -0.152. The second-order valence-corrected chi connectivity index (χ2v) is 28.4. The summed E-state index contributed by atoms with van der Waals surface area (Å²) < 4.78 is 10.3. The molecular weight excluding hydrogens is 1390 g/mol. The maximum absolute atomic E-state index is 11.8. The fraction of sp³-hybridized carbons (Fsp3) is 0.533. The van der Waals surface area contributed by atoms with Crippen LogP contribution in [0.5, 0.6) is 0 Å². The van der Waals surface area contributed by atoms with Gasteiger partial charge in [0.25, 0.3) is 0 Å². The topological polar surface area (TPSA) is 374 Å². The third kappa shape index (κ3) is 11.6. The molecule has 8 aromatic heterocycles. The van der Waals surface area contributed by atoms with Crippen LogP contribution in [0.3, 0.4) is 0 Å². The average molecular weight is 1470 g/mol. The quantitative estimate of drug-likeness (QED) is 0.0563. The van der Waals surface area contributed by atoms with Gasteiger partial charge in [0, 0.05) is 73.2 Å². The number of carboxylic acid groups (broad SMARTS) is 4. The standard InChI is InChI=1S/4C15H19BrN4O2/c4*1-8(2)15(14(21)22)4-3-9(7-15)13-19-11(16)10-12(17)18-5-6-20(10)13/h4*5-6,8-9H,3-4,7H2,1-2H3,(H2,17,18)(H,21,22)/t2*9-,15+;2*9-,15-/m1010/s1. The van der Waals surface area contributed by atoms with Crippen molar-refractivity contribution >= 4 is 133 Å². The first-order chi connectivity index (χ1) is 41.5. The summed E-state index contributed by atoms with van der Waals surface area (Å²) in [6.45, 7) is 15.9. The Kier molecular flexibility index (Phi) is 19.0. The molecule has 8 aromatic rings. The molecule has 0 saturated heterocycles. The van der Waals surface area contributed by atoms with Crippen molar-refractivity contribution in [1.82, 2.24) is 57.5 Å². The minimum Gasteiger partial charge on any atom is -0.481 e.